The zero-order chi connectivity index (χ0) is 21.2. The van der Waals surface area contributed by atoms with Crippen LogP contribution in [-0.2, 0) is 14.3 Å². The minimum absolute atomic E-state index is 0.227. The van der Waals surface area contributed by atoms with Gasteiger partial charge in [0.15, 0.2) is 0 Å². The first-order chi connectivity index (χ1) is 13.8. The second-order valence-corrected chi connectivity index (χ2v) is 7.57. The largest absolute Gasteiger partial charge is 0.482 e. The molecule has 0 bridgehead atoms. The lowest BCUT2D eigenvalue weighted by Crippen LogP contribution is -2.64. The number of rotatable bonds is 5. The Bertz CT molecular complexity index is 772. The number of likely N-dealkylation sites (N-methyl/N-ethyl adjacent to an activating group) is 1. The van der Waals surface area contributed by atoms with Gasteiger partial charge < -0.3 is 29.9 Å². The van der Waals surface area contributed by atoms with Crippen LogP contribution in [0.25, 0.3) is 0 Å². The fraction of sp³-hybridized carbons (Fsp3) is 0.579. The van der Waals surface area contributed by atoms with Gasteiger partial charge >= 0.3 is 7.05 Å². The highest BCUT2D eigenvalue weighted by Crippen LogP contribution is 2.38. The van der Waals surface area contributed by atoms with E-state index >= 15 is 0 Å². The Kier molecular flexibility index (Phi) is 6.45. The van der Waals surface area contributed by atoms with Crippen molar-refractivity contribution in [3.05, 3.63) is 24.0 Å². The monoisotopic (exact) mass is 407 g/mol. The van der Waals surface area contributed by atoms with Crippen molar-refractivity contribution < 1.29 is 28.5 Å². The number of nitrogens with one attached hydrogen (secondary N) is 2. The van der Waals surface area contributed by atoms with Crippen LogP contribution in [0.1, 0.15) is 26.2 Å². The highest BCUT2D eigenvalue weighted by Gasteiger charge is 2.50. The number of fused-ring (bicyclic) bond motifs is 1. The molecule has 8 nitrogen and oxygen atoms in total. The third-order valence-electron chi connectivity index (χ3n) is 5.70. The molecule has 1 aromatic rings. The average molecular weight is 407 g/mol. The molecule has 10 heteroatoms. The predicted molar refractivity (Wildman–Crippen MR) is 106 cm³/mol. The Balaban J connectivity index is 1.93. The summed E-state index contributed by atoms with van der Waals surface area (Å²) in [6, 6.07) is 2.29. The van der Waals surface area contributed by atoms with Gasteiger partial charge in [-0.05, 0) is 32.4 Å². The van der Waals surface area contributed by atoms with Crippen LogP contribution in [0.2, 0.25) is 6.82 Å². The van der Waals surface area contributed by atoms with Gasteiger partial charge in [-0.15, -0.1) is 0 Å². The van der Waals surface area contributed by atoms with Crippen molar-refractivity contribution in [3.8, 4) is 5.75 Å². The van der Waals surface area contributed by atoms with E-state index in [2.05, 4.69) is 10.6 Å². The standard InChI is InChI=1S/C19H27BFN3O5/c1-4-14(24(3)20(2)27)17(25)23-16-18(26)22-13-6-5-12(21)11-15(13)29-19(16)7-9-28-10-8-19/h5-6,11,14,16,27H,4,7-10H2,1-3H3,(H,22,26)(H,23,25)/t14-,16+/m0/s1. The Hall–Kier alpha value is -2.17. The molecule has 0 aliphatic carbocycles. The molecule has 1 aromatic carbocycles. The van der Waals surface area contributed by atoms with Gasteiger partial charge in [-0.3, -0.25) is 9.59 Å². The topological polar surface area (TPSA) is 100 Å². The third kappa shape index (κ3) is 4.39. The minimum Gasteiger partial charge on any atom is -0.482 e. The van der Waals surface area contributed by atoms with Gasteiger partial charge in [0.2, 0.25) is 5.91 Å². The van der Waals surface area contributed by atoms with E-state index in [0.717, 1.165) is 0 Å². The van der Waals surface area contributed by atoms with E-state index in [1.807, 2.05) is 6.92 Å². The van der Waals surface area contributed by atoms with Crippen molar-refractivity contribution in [1.82, 2.24) is 10.1 Å². The molecule has 0 aromatic heterocycles. The number of hydrogen-bond donors (Lipinski definition) is 3. The molecule has 3 N–H and O–H groups in total. The number of carbonyl (C=O) groups is 2. The van der Waals surface area contributed by atoms with Gasteiger partial charge in [0.05, 0.1) is 24.9 Å². The molecule has 2 atom stereocenters. The number of benzene rings is 1. The van der Waals surface area contributed by atoms with Crippen LogP contribution in [0.5, 0.6) is 5.75 Å². The molecule has 2 heterocycles. The molecule has 1 saturated heterocycles. The van der Waals surface area contributed by atoms with Crippen LogP contribution >= 0.6 is 0 Å². The second-order valence-electron chi connectivity index (χ2n) is 7.57. The molecule has 0 saturated carbocycles. The Morgan fingerprint density at radius 3 is 2.79 bits per heavy atom. The van der Waals surface area contributed by atoms with Crippen LogP contribution in [0.4, 0.5) is 10.1 Å². The van der Waals surface area contributed by atoms with Gasteiger partial charge in [-0.1, -0.05) is 6.92 Å². The smallest absolute Gasteiger partial charge is 0.376 e. The number of nitrogens with zero attached hydrogens (tertiary/aromatic N) is 1. The summed E-state index contributed by atoms with van der Waals surface area (Å²) in [6.07, 6.45) is 1.18. The molecule has 3 rings (SSSR count). The summed E-state index contributed by atoms with van der Waals surface area (Å²) in [5.41, 5.74) is -0.703. The highest BCUT2D eigenvalue weighted by atomic mass is 19.1. The predicted octanol–water partition coefficient (Wildman–Crippen LogP) is 1.01. The van der Waals surface area contributed by atoms with Crippen molar-refractivity contribution in [2.24, 2.45) is 0 Å². The number of hydrogen-bond acceptors (Lipinski definition) is 6. The molecule has 29 heavy (non-hydrogen) atoms. The van der Waals surface area contributed by atoms with Crippen molar-refractivity contribution >= 4 is 24.6 Å². The zero-order valence-electron chi connectivity index (χ0n) is 16.9. The van der Waals surface area contributed by atoms with Gasteiger partial charge in [0.25, 0.3) is 5.91 Å². The lowest BCUT2D eigenvalue weighted by atomic mass is 9.82. The summed E-state index contributed by atoms with van der Waals surface area (Å²) in [6.45, 7) is 4.11. The Labute approximate surface area is 169 Å². The van der Waals surface area contributed by atoms with Crippen molar-refractivity contribution in [3.63, 3.8) is 0 Å². The molecule has 2 aliphatic heterocycles. The number of ether oxygens (including phenoxy) is 2. The molecule has 1 fully saturated rings. The molecular formula is C19H27BFN3O5. The van der Waals surface area contributed by atoms with Crippen LogP contribution in [0, 0.1) is 5.82 Å². The third-order valence-corrected chi connectivity index (χ3v) is 5.70. The van der Waals surface area contributed by atoms with E-state index in [4.69, 9.17) is 9.47 Å². The molecule has 1 spiro atoms. The quantitative estimate of drug-likeness (QED) is 0.631. The van der Waals surface area contributed by atoms with Gasteiger partial charge in [0.1, 0.15) is 23.2 Å². The molecule has 0 unspecified atom stereocenters. The maximum Gasteiger partial charge on any atom is 0.376 e. The van der Waals surface area contributed by atoms with E-state index < -0.39 is 36.5 Å². The molecular weight excluding hydrogens is 380 g/mol. The van der Waals surface area contributed by atoms with E-state index in [1.54, 1.807) is 13.9 Å². The summed E-state index contributed by atoms with van der Waals surface area (Å²) in [5, 5.41) is 15.4. The van der Waals surface area contributed by atoms with E-state index in [9.17, 15) is 19.0 Å². The lowest BCUT2D eigenvalue weighted by Gasteiger charge is -2.41. The van der Waals surface area contributed by atoms with Crippen LogP contribution in [-0.4, -0.2) is 66.6 Å². The summed E-state index contributed by atoms with van der Waals surface area (Å²) >= 11 is 0. The summed E-state index contributed by atoms with van der Waals surface area (Å²) < 4.78 is 25.4. The number of carbonyl (C=O) groups excluding carboxylic acids is 2. The second kappa shape index (κ2) is 8.68. The number of halogens is 1. The summed E-state index contributed by atoms with van der Waals surface area (Å²) in [5.74, 6) is -1.07. The van der Waals surface area contributed by atoms with Crippen LogP contribution in [0.3, 0.4) is 0 Å². The Morgan fingerprint density at radius 2 is 2.17 bits per heavy atom. The van der Waals surface area contributed by atoms with Gasteiger partial charge in [-0.25, -0.2) is 4.39 Å². The number of anilines is 1. The molecule has 0 radical (unpaired) electrons. The minimum atomic E-state index is -1.06. The first-order valence-corrected chi connectivity index (χ1v) is 9.85. The van der Waals surface area contributed by atoms with E-state index in [-0.39, 0.29) is 11.7 Å². The van der Waals surface area contributed by atoms with Crippen molar-refractivity contribution in [2.45, 2.75) is 50.7 Å². The normalized spacial score (nSPS) is 21.6. The van der Waals surface area contributed by atoms with Crippen LogP contribution < -0.4 is 15.4 Å². The van der Waals surface area contributed by atoms with Crippen molar-refractivity contribution in [1.29, 1.82) is 0 Å². The zero-order valence-corrected chi connectivity index (χ0v) is 16.9. The fourth-order valence-corrected chi connectivity index (χ4v) is 3.87. The first kappa shape index (κ1) is 21.5. The summed E-state index contributed by atoms with van der Waals surface area (Å²) in [4.78, 5) is 27.6. The average Bonchev–Trinajstić information content (AvgIpc) is 2.78. The van der Waals surface area contributed by atoms with Gasteiger partial charge in [-0.2, -0.15) is 0 Å². The van der Waals surface area contributed by atoms with Crippen LogP contribution in [0.15, 0.2) is 18.2 Å². The SMILES string of the molecule is CC[C@@H](C(=O)N[C@@H]1C(=O)Nc2ccc(F)cc2OC12CCOCC2)N(C)B(C)O. The highest BCUT2D eigenvalue weighted by molar-refractivity contribution is 6.45. The lowest BCUT2D eigenvalue weighted by molar-refractivity contribution is -0.137. The summed E-state index contributed by atoms with van der Waals surface area (Å²) in [7, 11) is 0.819. The number of amides is 2. The first-order valence-electron chi connectivity index (χ1n) is 9.85. The fourth-order valence-electron chi connectivity index (χ4n) is 3.87. The molecule has 2 amide bonds. The van der Waals surface area contributed by atoms with E-state index in [0.29, 0.717) is 38.2 Å². The maximum absolute atomic E-state index is 13.8. The van der Waals surface area contributed by atoms with Crippen molar-refractivity contribution in [2.75, 3.05) is 25.6 Å². The molecule has 158 valence electrons. The van der Waals surface area contributed by atoms with E-state index in [1.165, 1.54) is 23.0 Å². The van der Waals surface area contributed by atoms with Gasteiger partial charge in [0, 0.05) is 18.9 Å². The molecule has 2 aliphatic rings. The Morgan fingerprint density at radius 1 is 1.48 bits per heavy atom. The maximum atomic E-state index is 13.8.